The molecule has 1 N–H and O–H groups in total. The highest BCUT2D eigenvalue weighted by Crippen LogP contribution is 2.30. The number of carboxylic acids is 1. The highest BCUT2D eigenvalue weighted by atomic mass is 16.5. The van der Waals surface area contributed by atoms with Gasteiger partial charge >= 0.3 is 5.97 Å². The Bertz CT molecular complexity index is 317. The van der Waals surface area contributed by atoms with Gasteiger partial charge in [0, 0.05) is 25.6 Å². The number of carboxylic acid groups (broad SMARTS) is 1. The third-order valence-corrected chi connectivity index (χ3v) is 3.82. The predicted molar refractivity (Wildman–Crippen MR) is 71.8 cm³/mol. The van der Waals surface area contributed by atoms with E-state index in [2.05, 4.69) is 0 Å². The van der Waals surface area contributed by atoms with Crippen LogP contribution in [-0.4, -0.2) is 48.2 Å². The minimum atomic E-state index is -0.773. The van der Waals surface area contributed by atoms with Crippen molar-refractivity contribution in [3.63, 3.8) is 0 Å². The van der Waals surface area contributed by atoms with E-state index < -0.39 is 5.97 Å². The van der Waals surface area contributed by atoms with Crippen molar-refractivity contribution in [2.75, 3.05) is 20.3 Å². The second-order valence-electron chi connectivity index (χ2n) is 5.52. The average Bonchev–Trinajstić information content (AvgIpc) is 2.38. The van der Waals surface area contributed by atoms with Crippen LogP contribution < -0.4 is 0 Å². The summed E-state index contributed by atoms with van der Waals surface area (Å²) in [5.74, 6) is -1.20. The molecule has 0 aliphatic heterocycles. The number of amides is 1. The first-order valence-corrected chi connectivity index (χ1v) is 6.99. The average molecular weight is 271 g/mol. The Kier molecular flexibility index (Phi) is 6.28. The van der Waals surface area contributed by atoms with Crippen molar-refractivity contribution in [2.24, 2.45) is 11.8 Å². The van der Waals surface area contributed by atoms with Crippen LogP contribution in [0.1, 0.15) is 39.5 Å². The van der Waals surface area contributed by atoms with Crippen LogP contribution >= 0.6 is 0 Å². The molecule has 1 saturated carbocycles. The molecule has 2 atom stereocenters. The van der Waals surface area contributed by atoms with Crippen LogP contribution in [-0.2, 0) is 14.3 Å². The Morgan fingerprint density at radius 1 is 1.32 bits per heavy atom. The monoisotopic (exact) mass is 271 g/mol. The fourth-order valence-corrected chi connectivity index (χ4v) is 2.69. The highest BCUT2D eigenvalue weighted by Gasteiger charge is 2.33. The minimum Gasteiger partial charge on any atom is -0.481 e. The first-order chi connectivity index (χ1) is 8.97. The number of rotatable bonds is 6. The van der Waals surface area contributed by atoms with Gasteiger partial charge in [-0.05, 0) is 33.1 Å². The molecule has 1 rings (SSSR count). The van der Waals surface area contributed by atoms with Gasteiger partial charge in [-0.1, -0.05) is 6.42 Å². The van der Waals surface area contributed by atoms with Crippen molar-refractivity contribution in [1.29, 1.82) is 0 Å². The topological polar surface area (TPSA) is 66.8 Å². The summed E-state index contributed by atoms with van der Waals surface area (Å²) in [6, 6.07) is 0.118. The first-order valence-electron chi connectivity index (χ1n) is 6.99. The van der Waals surface area contributed by atoms with Crippen LogP contribution in [0, 0.1) is 11.8 Å². The number of nitrogens with zero attached hydrogens (tertiary/aromatic N) is 1. The Balaban J connectivity index is 2.65. The summed E-state index contributed by atoms with van der Waals surface area (Å²) in [5, 5.41) is 9.08. The lowest BCUT2D eigenvalue weighted by atomic mass is 9.80. The molecule has 1 aliphatic carbocycles. The summed E-state index contributed by atoms with van der Waals surface area (Å²) in [6.07, 6.45) is 2.80. The molecular weight excluding hydrogens is 246 g/mol. The van der Waals surface area contributed by atoms with Gasteiger partial charge in [-0.3, -0.25) is 9.59 Å². The summed E-state index contributed by atoms with van der Waals surface area (Å²) >= 11 is 0. The largest absolute Gasteiger partial charge is 0.481 e. The number of aliphatic carboxylic acids is 1. The van der Waals surface area contributed by atoms with E-state index in [1.54, 1.807) is 12.0 Å². The molecule has 0 spiro atoms. The van der Waals surface area contributed by atoms with E-state index in [-0.39, 0.29) is 23.8 Å². The van der Waals surface area contributed by atoms with Crippen LogP contribution in [0.2, 0.25) is 0 Å². The van der Waals surface area contributed by atoms with Gasteiger partial charge in [0.25, 0.3) is 0 Å². The molecule has 0 saturated heterocycles. The second kappa shape index (κ2) is 7.48. The van der Waals surface area contributed by atoms with Gasteiger partial charge in [-0.15, -0.1) is 0 Å². The predicted octanol–water partition coefficient (Wildman–Crippen LogP) is 1.76. The molecule has 0 radical (unpaired) electrons. The Morgan fingerprint density at radius 3 is 2.47 bits per heavy atom. The van der Waals surface area contributed by atoms with Gasteiger partial charge < -0.3 is 14.7 Å². The fraction of sp³-hybridized carbons (Fsp3) is 0.857. The Labute approximate surface area is 114 Å². The van der Waals surface area contributed by atoms with Gasteiger partial charge in [0.2, 0.25) is 5.91 Å². The summed E-state index contributed by atoms with van der Waals surface area (Å²) in [6.45, 7) is 5.04. The molecule has 0 aromatic carbocycles. The molecule has 19 heavy (non-hydrogen) atoms. The third-order valence-electron chi connectivity index (χ3n) is 3.82. The summed E-state index contributed by atoms with van der Waals surface area (Å²) in [7, 11) is 1.62. The Morgan fingerprint density at radius 2 is 1.95 bits per heavy atom. The molecule has 1 fully saturated rings. The highest BCUT2D eigenvalue weighted by molar-refractivity contribution is 5.80. The molecule has 1 amide bonds. The maximum atomic E-state index is 12.5. The third kappa shape index (κ3) is 4.49. The van der Waals surface area contributed by atoms with Gasteiger partial charge in [0.05, 0.1) is 12.5 Å². The van der Waals surface area contributed by atoms with E-state index in [1.165, 1.54) is 0 Å². The lowest BCUT2D eigenvalue weighted by molar-refractivity contribution is -0.146. The smallest absolute Gasteiger partial charge is 0.306 e. The zero-order valence-electron chi connectivity index (χ0n) is 12.1. The van der Waals surface area contributed by atoms with Crippen molar-refractivity contribution in [3.8, 4) is 0 Å². The van der Waals surface area contributed by atoms with E-state index in [4.69, 9.17) is 9.84 Å². The van der Waals surface area contributed by atoms with Crippen molar-refractivity contribution in [3.05, 3.63) is 0 Å². The lowest BCUT2D eigenvalue weighted by Crippen LogP contribution is -2.44. The van der Waals surface area contributed by atoms with Crippen LogP contribution in [0.4, 0.5) is 0 Å². The molecule has 2 unspecified atom stereocenters. The fourth-order valence-electron chi connectivity index (χ4n) is 2.69. The molecule has 0 aromatic heterocycles. The summed E-state index contributed by atoms with van der Waals surface area (Å²) in [5.41, 5.74) is 0. The molecule has 0 bridgehead atoms. The number of carbonyl (C=O) groups excluding carboxylic acids is 1. The van der Waals surface area contributed by atoms with E-state index in [0.717, 1.165) is 12.8 Å². The SMILES string of the molecule is COCCN(C(=O)C1CCCC(C(=O)O)C1)C(C)C. The molecular formula is C14H25NO4. The molecule has 110 valence electrons. The molecule has 0 aromatic rings. The molecule has 5 heteroatoms. The van der Waals surface area contributed by atoms with Crippen molar-refractivity contribution in [1.82, 2.24) is 4.90 Å². The standard InChI is InChI=1S/C14H25NO4/c1-10(2)15(7-8-19-3)13(16)11-5-4-6-12(9-11)14(17)18/h10-12H,4-9H2,1-3H3,(H,17,18). The van der Waals surface area contributed by atoms with Crippen molar-refractivity contribution >= 4 is 11.9 Å². The zero-order valence-corrected chi connectivity index (χ0v) is 12.1. The van der Waals surface area contributed by atoms with Crippen LogP contribution in [0.25, 0.3) is 0 Å². The van der Waals surface area contributed by atoms with Gasteiger partial charge in [0.1, 0.15) is 0 Å². The van der Waals surface area contributed by atoms with Crippen LogP contribution in [0.3, 0.4) is 0 Å². The maximum Gasteiger partial charge on any atom is 0.306 e. The van der Waals surface area contributed by atoms with Crippen molar-refractivity contribution in [2.45, 2.75) is 45.6 Å². The van der Waals surface area contributed by atoms with E-state index in [1.807, 2.05) is 13.8 Å². The number of ether oxygens (including phenoxy) is 1. The quantitative estimate of drug-likeness (QED) is 0.799. The minimum absolute atomic E-state index is 0.0815. The first kappa shape index (κ1) is 16.0. The number of hydrogen-bond donors (Lipinski definition) is 1. The van der Waals surface area contributed by atoms with Crippen LogP contribution in [0.15, 0.2) is 0 Å². The summed E-state index contributed by atoms with van der Waals surface area (Å²) in [4.78, 5) is 25.3. The zero-order chi connectivity index (χ0) is 14.4. The number of carbonyl (C=O) groups is 2. The van der Waals surface area contributed by atoms with Gasteiger partial charge in [-0.2, -0.15) is 0 Å². The van der Waals surface area contributed by atoms with Gasteiger partial charge in [-0.25, -0.2) is 0 Å². The normalized spacial score (nSPS) is 23.4. The van der Waals surface area contributed by atoms with Crippen molar-refractivity contribution < 1.29 is 19.4 Å². The van der Waals surface area contributed by atoms with E-state index in [0.29, 0.717) is 26.0 Å². The lowest BCUT2D eigenvalue weighted by Gasteiger charge is -2.33. The number of hydrogen-bond acceptors (Lipinski definition) is 3. The molecule has 1 aliphatic rings. The molecule has 5 nitrogen and oxygen atoms in total. The number of methoxy groups -OCH3 is 1. The maximum absolute atomic E-state index is 12.5. The van der Waals surface area contributed by atoms with E-state index in [9.17, 15) is 9.59 Å². The summed E-state index contributed by atoms with van der Waals surface area (Å²) < 4.78 is 5.03. The van der Waals surface area contributed by atoms with Crippen LogP contribution in [0.5, 0.6) is 0 Å². The van der Waals surface area contributed by atoms with Gasteiger partial charge in [0.15, 0.2) is 0 Å². The second-order valence-corrected chi connectivity index (χ2v) is 5.52. The van der Waals surface area contributed by atoms with E-state index >= 15 is 0 Å². The molecule has 0 heterocycles. The Hall–Kier alpha value is -1.10.